The zero-order valence-corrected chi connectivity index (χ0v) is 11.4. The van der Waals surface area contributed by atoms with Crippen molar-refractivity contribution < 1.29 is 23.7 Å². The van der Waals surface area contributed by atoms with Crippen molar-refractivity contribution in [1.29, 1.82) is 0 Å². The molecule has 0 unspecified atom stereocenters. The van der Waals surface area contributed by atoms with Gasteiger partial charge in [-0.05, 0) is 18.9 Å². The summed E-state index contributed by atoms with van der Waals surface area (Å²) >= 11 is 0. The molecule has 1 atom stereocenters. The monoisotopic (exact) mass is 284 g/mol. The van der Waals surface area contributed by atoms with E-state index >= 15 is 0 Å². The first-order chi connectivity index (χ1) is 9.36. The molecule has 110 valence electrons. The van der Waals surface area contributed by atoms with Crippen LogP contribution in [0.1, 0.15) is 31.3 Å². The molecule has 0 radical (unpaired) electrons. The Morgan fingerprint density at radius 3 is 2.55 bits per heavy atom. The van der Waals surface area contributed by atoms with Gasteiger partial charge in [0.1, 0.15) is 11.0 Å². The topological polar surface area (TPSA) is 112 Å². The van der Waals surface area contributed by atoms with E-state index in [1.165, 1.54) is 6.07 Å². The summed E-state index contributed by atoms with van der Waals surface area (Å²) in [5.41, 5.74) is 0. The third-order valence-electron chi connectivity index (χ3n) is 2.49. The molecule has 1 aromatic rings. The minimum Gasteiger partial charge on any atom is -0.464 e. The number of hydrogen-bond donors (Lipinski definition) is 1. The maximum Gasteiger partial charge on any atom is 0.433 e. The van der Waals surface area contributed by atoms with Gasteiger partial charge in [0.2, 0.25) is 0 Å². The van der Waals surface area contributed by atoms with Crippen LogP contribution in [0.5, 0.6) is 0 Å². The van der Waals surface area contributed by atoms with Crippen LogP contribution in [-0.2, 0) is 9.53 Å². The Bertz CT molecular complexity index is 508. The molecule has 0 saturated carbocycles. The number of esters is 1. The van der Waals surface area contributed by atoms with Crippen LogP contribution >= 0.6 is 0 Å². The Morgan fingerprint density at radius 1 is 1.45 bits per heavy atom. The van der Waals surface area contributed by atoms with Gasteiger partial charge in [-0.15, -0.1) is 0 Å². The molecule has 1 heterocycles. The second-order valence-corrected chi connectivity index (χ2v) is 4.34. The van der Waals surface area contributed by atoms with E-state index in [1.807, 2.05) is 0 Å². The molecule has 1 amide bonds. The van der Waals surface area contributed by atoms with Crippen LogP contribution in [0.15, 0.2) is 16.5 Å². The third kappa shape index (κ3) is 3.81. The van der Waals surface area contributed by atoms with Gasteiger partial charge in [0.25, 0.3) is 5.91 Å². The summed E-state index contributed by atoms with van der Waals surface area (Å²) in [4.78, 5) is 33.3. The van der Waals surface area contributed by atoms with E-state index in [0.717, 1.165) is 6.07 Å². The SMILES string of the molecule is CCOC(=O)[C@@H](NC(=O)c1ccc([N+](=O)[O-])o1)C(C)C. The summed E-state index contributed by atoms with van der Waals surface area (Å²) in [5.74, 6) is -2.22. The van der Waals surface area contributed by atoms with E-state index in [1.54, 1.807) is 20.8 Å². The molecule has 0 spiro atoms. The maximum absolute atomic E-state index is 11.9. The fraction of sp³-hybridized carbons (Fsp3) is 0.500. The number of amides is 1. The van der Waals surface area contributed by atoms with Gasteiger partial charge < -0.3 is 14.5 Å². The van der Waals surface area contributed by atoms with Crippen LogP contribution in [0.3, 0.4) is 0 Å². The van der Waals surface area contributed by atoms with Crippen LogP contribution in [0.4, 0.5) is 5.88 Å². The summed E-state index contributed by atoms with van der Waals surface area (Å²) in [7, 11) is 0. The van der Waals surface area contributed by atoms with E-state index in [4.69, 9.17) is 9.15 Å². The predicted octanol–water partition coefficient (Wildman–Crippen LogP) is 1.51. The number of rotatable bonds is 6. The van der Waals surface area contributed by atoms with E-state index in [0.29, 0.717) is 0 Å². The van der Waals surface area contributed by atoms with Gasteiger partial charge >= 0.3 is 11.9 Å². The Labute approximate surface area is 115 Å². The van der Waals surface area contributed by atoms with Crippen LogP contribution in [-0.4, -0.2) is 29.4 Å². The zero-order chi connectivity index (χ0) is 15.3. The second kappa shape index (κ2) is 6.69. The first-order valence-electron chi connectivity index (χ1n) is 6.08. The molecule has 1 rings (SSSR count). The molecular formula is C12H16N2O6. The Balaban J connectivity index is 2.79. The molecule has 20 heavy (non-hydrogen) atoms. The van der Waals surface area contributed by atoms with Crippen LogP contribution in [0, 0.1) is 16.0 Å². The highest BCUT2D eigenvalue weighted by Gasteiger charge is 2.27. The first-order valence-corrected chi connectivity index (χ1v) is 6.08. The molecular weight excluding hydrogens is 268 g/mol. The van der Waals surface area contributed by atoms with Gasteiger partial charge in [-0.1, -0.05) is 13.8 Å². The van der Waals surface area contributed by atoms with Crippen molar-refractivity contribution in [2.75, 3.05) is 6.61 Å². The van der Waals surface area contributed by atoms with Crippen molar-refractivity contribution >= 4 is 17.8 Å². The van der Waals surface area contributed by atoms with Crippen LogP contribution < -0.4 is 5.32 Å². The fourth-order valence-electron chi connectivity index (χ4n) is 1.49. The summed E-state index contributed by atoms with van der Waals surface area (Å²) in [5, 5.41) is 12.9. The van der Waals surface area contributed by atoms with Gasteiger partial charge in [0.05, 0.1) is 12.7 Å². The predicted molar refractivity (Wildman–Crippen MR) is 68.1 cm³/mol. The van der Waals surface area contributed by atoms with Crippen molar-refractivity contribution in [1.82, 2.24) is 5.32 Å². The molecule has 8 heteroatoms. The normalized spacial score (nSPS) is 12.0. The van der Waals surface area contributed by atoms with Gasteiger partial charge in [0.15, 0.2) is 5.76 Å². The maximum atomic E-state index is 11.9. The number of carbonyl (C=O) groups is 2. The van der Waals surface area contributed by atoms with Crippen molar-refractivity contribution in [2.45, 2.75) is 26.8 Å². The lowest BCUT2D eigenvalue weighted by Gasteiger charge is -2.19. The van der Waals surface area contributed by atoms with Gasteiger partial charge in [-0.25, -0.2) is 4.79 Å². The molecule has 0 aliphatic carbocycles. The summed E-state index contributed by atoms with van der Waals surface area (Å²) in [6, 6.07) is 1.41. The van der Waals surface area contributed by atoms with E-state index in [9.17, 15) is 19.7 Å². The fourth-order valence-corrected chi connectivity index (χ4v) is 1.49. The number of nitrogens with zero attached hydrogens (tertiary/aromatic N) is 1. The molecule has 1 aromatic heterocycles. The van der Waals surface area contributed by atoms with Crippen molar-refractivity contribution in [3.05, 3.63) is 28.0 Å². The Kier molecular flexibility index (Phi) is 5.24. The molecule has 1 N–H and O–H groups in total. The second-order valence-electron chi connectivity index (χ2n) is 4.34. The lowest BCUT2D eigenvalue weighted by Crippen LogP contribution is -2.45. The highest BCUT2D eigenvalue weighted by Crippen LogP contribution is 2.16. The molecule has 0 aromatic carbocycles. The number of nitro groups is 1. The van der Waals surface area contributed by atoms with Crippen LogP contribution in [0.25, 0.3) is 0 Å². The largest absolute Gasteiger partial charge is 0.464 e. The highest BCUT2D eigenvalue weighted by molar-refractivity contribution is 5.94. The standard InChI is InChI=1S/C12H16N2O6/c1-4-19-12(16)10(7(2)3)13-11(15)8-5-6-9(20-8)14(17)18/h5-7,10H,4H2,1-3H3,(H,13,15)/t10-/m0/s1. The number of nitrogens with one attached hydrogen (secondary N) is 1. The minimum atomic E-state index is -0.841. The zero-order valence-electron chi connectivity index (χ0n) is 11.4. The molecule has 0 fully saturated rings. The molecule has 0 bridgehead atoms. The lowest BCUT2D eigenvalue weighted by atomic mass is 10.0. The third-order valence-corrected chi connectivity index (χ3v) is 2.49. The smallest absolute Gasteiger partial charge is 0.433 e. The van der Waals surface area contributed by atoms with Gasteiger partial charge in [-0.2, -0.15) is 0 Å². The van der Waals surface area contributed by atoms with Crippen molar-refractivity contribution in [3.8, 4) is 0 Å². The molecule has 0 saturated heterocycles. The van der Waals surface area contributed by atoms with Crippen LogP contribution in [0.2, 0.25) is 0 Å². The quantitative estimate of drug-likeness (QED) is 0.481. The number of furan rings is 1. The van der Waals surface area contributed by atoms with Crippen molar-refractivity contribution in [3.63, 3.8) is 0 Å². The molecule has 8 nitrogen and oxygen atoms in total. The number of ether oxygens (including phenoxy) is 1. The van der Waals surface area contributed by atoms with Gasteiger partial charge in [0, 0.05) is 0 Å². The average Bonchev–Trinajstić information content (AvgIpc) is 2.85. The Hall–Kier alpha value is -2.38. The van der Waals surface area contributed by atoms with E-state index < -0.39 is 28.7 Å². The van der Waals surface area contributed by atoms with Crippen molar-refractivity contribution in [2.24, 2.45) is 5.92 Å². The molecule has 0 aliphatic heterocycles. The average molecular weight is 284 g/mol. The molecule has 0 aliphatic rings. The summed E-state index contributed by atoms with van der Waals surface area (Å²) < 4.78 is 9.62. The lowest BCUT2D eigenvalue weighted by molar-refractivity contribution is -0.402. The minimum absolute atomic E-state index is 0.192. The highest BCUT2D eigenvalue weighted by atomic mass is 16.6. The number of carbonyl (C=O) groups excluding carboxylic acids is 2. The Morgan fingerprint density at radius 2 is 2.10 bits per heavy atom. The van der Waals surface area contributed by atoms with Gasteiger partial charge in [-0.3, -0.25) is 14.9 Å². The van der Waals surface area contributed by atoms with E-state index in [2.05, 4.69) is 5.32 Å². The van der Waals surface area contributed by atoms with E-state index in [-0.39, 0.29) is 18.3 Å². The summed E-state index contributed by atoms with van der Waals surface area (Å²) in [6.07, 6.45) is 0. The summed E-state index contributed by atoms with van der Waals surface area (Å²) in [6.45, 7) is 5.34. The number of hydrogen-bond acceptors (Lipinski definition) is 6. The first kappa shape index (κ1) is 15.7.